The van der Waals surface area contributed by atoms with Crippen molar-refractivity contribution < 1.29 is 26.0 Å². The minimum atomic E-state index is -3.85. The SMILES string of the molecule is CC1CCN(C(CNS(=O)(=O)c2ccc(N3C(=O)CCS3(=O)=O)cc2)c2ccco2)CC1. The van der Waals surface area contributed by atoms with E-state index in [0.717, 1.165) is 30.2 Å². The first kappa shape index (κ1) is 23.0. The van der Waals surface area contributed by atoms with Gasteiger partial charge in [-0.05, 0) is 68.2 Å². The van der Waals surface area contributed by atoms with Crippen molar-refractivity contribution in [2.24, 2.45) is 5.92 Å². The number of piperidine rings is 1. The second-order valence-corrected chi connectivity index (χ2v) is 12.0. The van der Waals surface area contributed by atoms with Gasteiger partial charge in [0.15, 0.2) is 0 Å². The van der Waals surface area contributed by atoms with Gasteiger partial charge < -0.3 is 4.42 Å². The van der Waals surface area contributed by atoms with Crippen LogP contribution in [0.5, 0.6) is 0 Å². The number of carbonyl (C=O) groups is 1. The Morgan fingerprint density at radius 3 is 2.41 bits per heavy atom. The predicted molar refractivity (Wildman–Crippen MR) is 119 cm³/mol. The maximum absolute atomic E-state index is 12.9. The molecule has 1 aromatic heterocycles. The molecule has 2 saturated heterocycles. The molecule has 1 amide bonds. The van der Waals surface area contributed by atoms with Gasteiger partial charge in [-0.2, -0.15) is 0 Å². The van der Waals surface area contributed by atoms with Gasteiger partial charge in [-0.25, -0.2) is 25.9 Å². The van der Waals surface area contributed by atoms with Crippen molar-refractivity contribution in [3.05, 3.63) is 48.4 Å². The lowest BCUT2D eigenvalue weighted by Gasteiger charge is -2.35. The lowest BCUT2D eigenvalue weighted by atomic mass is 9.97. The van der Waals surface area contributed by atoms with E-state index in [1.165, 1.54) is 24.3 Å². The van der Waals surface area contributed by atoms with Crippen LogP contribution in [-0.4, -0.2) is 53.0 Å². The molecule has 1 aromatic carbocycles. The van der Waals surface area contributed by atoms with Crippen LogP contribution in [0.15, 0.2) is 52.0 Å². The van der Waals surface area contributed by atoms with Crippen molar-refractivity contribution in [2.45, 2.75) is 37.1 Å². The second-order valence-electron chi connectivity index (χ2n) is 8.32. The van der Waals surface area contributed by atoms with Crippen LogP contribution in [0.4, 0.5) is 5.69 Å². The average molecular weight is 482 g/mol. The number of rotatable bonds is 7. The summed E-state index contributed by atoms with van der Waals surface area (Å²) < 4.78 is 58.9. The Morgan fingerprint density at radius 1 is 1.16 bits per heavy atom. The highest BCUT2D eigenvalue weighted by Gasteiger charge is 2.36. The minimum Gasteiger partial charge on any atom is -0.468 e. The molecule has 0 bridgehead atoms. The van der Waals surface area contributed by atoms with E-state index in [1.54, 1.807) is 12.3 Å². The lowest BCUT2D eigenvalue weighted by Crippen LogP contribution is -2.41. The fraction of sp³-hybridized carbons (Fsp3) is 0.476. The molecule has 3 heterocycles. The minimum absolute atomic E-state index is 0.00393. The molecule has 174 valence electrons. The zero-order valence-electron chi connectivity index (χ0n) is 17.8. The number of anilines is 1. The van der Waals surface area contributed by atoms with Gasteiger partial charge >= 0.3 is 0 Å². The number of nitrogens with one attached hydrogen (secondary N) is 1. The van der Waals surface area contributed by atoms with Crippen molar-refractivity contribution in [2.75, 3.05) is 29.7 Å². The second kappa shape index (κ2) is 8.97. The van der Waals surface area contributed by atoms with Gasteiger partial charge in [0.1, 0.15) is 5.76 Å². The first-order chi connectivity index (χ1) is 15.2. The molecule has 0 saturated carbocycles. The molecule has 0 aliphatic carbocycles. The molecule has 1 unspecified atom stereocenters. The number of furan rings is 1. The fourth-order valence-electron chi connectivity index (χ4n) is 4.13. The topological polar surface area (TPSA) is 117 Å². The first-order valence-electron chi connectivity index (χ1n) is 10.6. The quantitative estimate of drug-likeness (QED) is 0.644. The molecule has 2 aliphatic heterocycles. The number of hydrogen-bond donors (Lipinski definition) is 1. The predicted octanol–water partition coefficient (Wildman–Crippen LogP) is 2.10. The first-order valence-corrected chi connectivity index (χ1v) is 13.7. The highest BCUT2D eigenvalue weighted by Crippen LogP contribution is 2.28. The van der Waals surface area contributed by atoms with Crippen LogP contribution in [0, 0.1) is 5.92 Å². The molecule has 2 fully saturated rings. The summed E-state index contributed by atoms with van der Waals surface area (Å²) in [6.45, 7) is 4.08. The largest absolute Gasteiger partial charge is 0.468 e. The van der Waals surface area contributed by atoms with Crippen molar-refractivity contribution in [1.29, 1.82) is 0 Å². The van der Waals surface area contributed by atoms with Crippen molar-refractivity contribution in [3.63, 3.8) is 0 Å². The number of likely N-dealkylation sites (tertiary alicyclic amines) is 1. The Kier molecular flexibility index (Phi) is 6.44. The summed E-state index contributed by atoms with van der Waals surface area (Å²) in [5.74, 6) is 0.591. The monoisotopic (exact) mass is 481 g/mol. The van der Waals surface area contributed by atoms with Gasteiger partial charge in [-0.15, -0.1) is 0 Å². The van der Waals surface area contributed by atoms with E-state index in [0.29, 0.717) is 11.7 Å². The number of sulfonamides is 2. The van der Waals surface area contributed by atoms with Crippen molar-refractivity contribution in [3.8, 4) is 0 Å². The summed E-state index contributed by atoms with van der Waals surface area (Å²) in [6.07, 6.45) is 3.59. The summed E-state index contributed by atoms with van der Waals surface area (Å²) in [4.78, 5) is 14.2. The summed E-state index contributed by atoms with van der Waals surface area (Å²) in [7, 11) is -7.55. The van der Waals surface area contributed by atoms with Crippen LogP contribution in [0.25, 0.3) is 0 Å². The van der Waals surface area contributed by atoms with E-state index >= 15 is 0 Å². The Balaban J connectivity index is 1.49. The van der Waals surface area contributed by atoms with E-state index in [9.17, 15) is 21.6 Å². The molecule has 4 rings (SSSR count). The number of nitrogens with zero attached hydrogens (tertiary/aromatic N) is 2. The highest BCUT2D eigenvalue weighted by atomic mass is 32.2. The van der Waals surface area contributed by atoms with Gasteiger partial charge in [0, 0.05) is 13.0 Å². The normalized spacial score (nSPS) is 21.2. The van der Waals surface area contributed by atoms with E-state index in [2.05, 4.69) is 16.5 Å². The summed E-state index contributed by atoms with van der Waals surface area (Å²) in [6, 6.07) is 8.71. The molecule has 1 atom stereocenters. The number of carbonyl (C=O) groups excluding carboxylic acids is 1. The molecule has 9 nitrogen and oxygen atoms in total. The van der Waals surface area contributed by atoms with Gasteiger partial charge in [0.2, 0.25) is 26.0 Å². The number of hydrogen-bond acceptors (Lipinski definition) is 7. The Morgan fingerprint density at radius 2 is 1.84 bits per heavy atom. The third-order valence-corrected chi connectivity index (χ3v) is 9.19. The van der Waals surface area contributed by atoms with Gasteiger partial charge in [-0.1, -0.05) is 6.92 Å². The molecular formula is C21H27N3O6S2. The third-order valence-electron chi connectivity index (χ3n) is 6.06. The van der Waals surface area contributed by atoms with Crippen LogP contribution in [0.1, 0.15) is 38.0 Å². The molecule has 2 aliphatic rings. The number of amides is 1. The van der Waals surface area contributed by atoms with Gasteiger partial charge in [0.25, 0.3) is 0 Å². The van der Waals surface area contributed by atoms with Crippen LogP contribution in [0.3, 0.4) is 0 Å². The van der Waals surface area contributed by atoms with Gasteiger partial charge in [-0.3, -0.25) is 9.69 Å². The smallest absolute Gasteiger partial charge is 0.242 e. The number of benzene rings is 1. The maximum atomic E-state index is 12.9. The molecule has 1 N–H and O–H groups in total. The molecule has 2 aromatic rings. The van der Waals surface area contributed by atoms with E-state index in [-0.39, 0.29) is 35.3 Å². The Hall–Kier alpha value is -2.21. The molecule has 32 heavy (non-hydrogen) atoms. The summed E-state index contributed by atoms with van der Waals surface area (Å²) in [5, 5.41) is 0. The zero-order valence-corrected chi connectivity index (χ0v) is 19.4. The van der Waals surface area contributed by atoms with Crippen LogP contribution in [0.2, 0.25) is 0 Å². The van der Waals surface area contributed by atoms with E-state index in [1.807, 2.05) is 6.07 Å². The van der Waals surface area contributed by atoms with Crippen LogP contribution < -0.4 is 9.03 Å². The Bertz CT molecular complexity index is 1150. The lowest BCUT2D eigenvalue weighted by molar-refractivity contribution is -0.116. The third kappa shape index (κ3) is 4.75. The van der Waals surface area contributed by atoms with Crippen LogP contribution >= 0.6 is 0 Å². The molecular weight excluding hydrogens is 454 g/mol. The summed E-state index contributed by atoms with van der Waals surface area (Å²) >= 11 is 0. The van der Waals surface area contributed by atoms with Gasteiger partial charge in [0.05, 0.1) is 28.6 Å². The summed E-state index contributed by atoms with van der Waals surface area (Å²) in [5.41, 5.74) is 0.141. The average Bonchev–Trinajstić information content (AvgIpc) is 3.37. The van der Waals surface area contributed by atoms with E-state index in [4.69, 9.17) is 4.42 Å². The highest BCUT2D eigenvalue weighted by molar-refractivity contribution is 7.94. The molecule has 0 radical (unpaired) electrons. The van der Waals surface area contributed by atoms with Crippen molar-refractivity contribution >= 4 is 31.6 Å². The zero-order chi connectivity index (χ0) is 22.9. The van der Waals surface area contributed by atoms with Crippen LogP contribution in [-0.2, 0) is 24.8 Å². The fourth-order valence-corrected chi connectivity index (χ4v) is 6.63. The Labute approximate surface area is 188 Å². The maximum Gasteiger partial charge on any atom is 0.242 e. The van der Waals surface area contributed by atoms with Crippen molar-refractivity contribution in [1.82, 2.24) is 9.62 Å². The van der Waals surface area contributed by atoms with E-state index < -0.39 is 26.0 Å². The molecule has 11 heteroatoms. The molecule has 0 spiro atoms. The standard InChI is InChI=1S/C21H27N3O6S2/c1-16-8-11-23(12-9-16)19(20-3-2-13-30-20)15-22-32(28,29)18-6-4-17(5-7-18)24-21(25)10-14-31(24,26)27/h2-7,13,16,19,22H,8-12,14-15H2,1H3.